The first-order chi connectivity index (χ1) is 8.01. The van der Waals surface area contributed by atoms with Crippen molar-refractivity contribution < 1.29 is 23.0 Å². The van der Waals surface area contributed by atoms with Gasteiger partial charge in [-0.1, -0.05) is 0 Å². The summed E-state index contributed by atoms with van der Waals surface area (Å²) in [7, 11) is 2.55. The van der Waals surface area contributed by atoms with Crippen LogP contribution in [0.3, 0.4) is 0 Å². The molecule has 0 saturated carbocycles. The average Bonchev–Trinajstić information content (AvgIpc) is 2.31. The summed E-state index contributed by atoms with van der Waals surface area (Å²) in [6.07, 6.45) is -1.54. The number of benzene rings is 1. The largest absolute Gasteiger partial charge is 0.349 e. The molecule has 0 aromatic heterocycles. The van der Waals surface area contributed by atoms with E-state index in [0.29, 0.717) is 0 Å². The molecule has 0 aliphatic heterocycles. The van der Waals surface area contributed by atoms with Gasteiger partial charge in [0, 0.05) is 26.2 Å². The zero-order valence-corrected chi connectivity index (χ0v) is 10.9. The molecule has 0 N–H and O–H groups in total. The molecule has 94 valence electrons. The highest BCUT2D eigenvalue weighted by molar-refractivity contribution is 9.10. The number of carbonyl (C=O) groups excluding carboxylic acids is 1. The Labute approximate surface area is 106 Å². The molecule has 1 aromatic carbocycles. The molecule has 1 aromatic rings. The fourth-order valence-corrected chi connectivity index (χ4v) is 1.72. The van der Waals surface area contributed by atoms with Crippen LogP contribution in [0.5, 0.6) is 0 Å². The van der Waals surface area contributed by atoms with Crippen molar-refractivity contribution in [1.29, 1.82) is 0 Å². The zero-order valence-electron chi connectivity index (χ0n) is 9.30. The molecule has 0 amide bonds. The van der Waals surface area contributed by atoms with Gasteiger partial charge in [-0.3, -0.25) is 4.79 Å². The zero-order chi connectivity index (χ0) is 13.0. The minimum Gasteiger partial charge on any atom is -0.349 e. The van der Waals surface area contributed by atoms with Gasteiger partial charge in [0.1, 0.15) is 11.6 Å². The fraction of sp³-hybridized carbons (Fsp3) is 0.364. The maximum Gasteiger partial charge on any atom is 0.217 e. The maximum atomic E-state index is 13.6. The van der Waals surface area contributed by atoms with Gasteiger partial charge in [0.25, 0.3) is 0 Å². The van der Waals surface area contributed by atoms with Crippen molar-refractivity contribution >= 4 is 21.7 Å². The minimum atomic E-state index is -1.12. The van der Waals surface area contributed by atoms with Crippen molar-refractivity contribution in [3.63, 3.8) is 0 Å². The third-order valence-corrected chi connectivity index (χ3v) is 2.79. The van der Waals surface area contributed by atoms with E-state index in [4.69, 9.17) is 9.47 Å². The Kier molecular flexibility index (Phi) is 5.17. The van der Waals surface area contributed by atoms with E-state index in [2.05, 4.69) is 15.9 Å². The number of Topliss-reactive ketones (excluding diaryl/α,β-unsaturated/α-hetero) is 1. The van der Waals surface area contributed by atoms with E-state index in [9.17, 15) is 13.6 Å². The van der Waals surface area contributed by atoms with Gasteiger partial charge in [0.05, 0.1) is 4.47 Å². The number of carbonyl (C=O) groups is 1. The second-order valence-electron chi connectivity index (χ2n) is 3.27. The SMILES string of the molecule is COC(OC)C(=O)Cc1c(F)ccc(Br)c1F. The third-order valence-electron chi connectivity index (χ3n) is 2.18. The van der Waals surface area contributed by atoms with Crippen molar-refractivity contribution in [3.8, 4) is 0 Å². The molecule has 0 heterocycles. The standard InChI is InChI=1S/C11H11BrF2O3/c1-16-11(17-2)9(15)5-6-8(13)4-3-7(12)10(6)14/h3-4,11H,5H2,1-2H3. The Hall–Kier alpha value is -0.850. The smallest absolute Gasteiger partial charge is 0.217 e. The van der Waals surface area contributed by atoms with Gasteiger partial charge < -0.3 is 9.47 Å². The van der Waals surface area contributed by atoms with Crippen molar-refractivity contribution in [1.82, 2.24) is 0 Å². The molecule has 0 radical (unpaired) electrons. The second kappa shape index (κ2) is 6.18. The van der Waals surface area contributed by atoms with Gasteiger partial charge in [0.2, 0.25) is 6.29 Å². The molecule has 17 heavy (non-hydrogen) atoms. The summed E-state index contributed by atoms with van der Waals surface area (Å²) >= 11 is 2.93. The number of rotatable bonds is 5. The molecule has 0 aliphatic rings. The highest BCUT2D eigenvalue weighted by Crippen LogP contribution is 2.22. The van der Waals surface area contributed by atoms with Crippen LogP contribution in [-0.4, -0.2) is 26.3 Å². The summed E-state index contributed by atoms with van der Waals surface area (Å²) < 4.78 is 36.5. The first kappa shape index (κ1) is 14.2. The fourth-order valence-electron chi connectivity index (χ4n) is 1.35. The molecule has 1 rings (SSSR count). The topological polar surface area (TPSA) is 35.5 Å². The van der Waals surface area contributed by atoms with Gasteiger partial charge in [-0.05, 0) is 28.1 Å². The van der Waals surface area contributed by atoms with Crippen LogP contribution in [0.4, 0.5) is 8.78 Å². The molecule has 0 bridgehead atoms. The average molecular weight is 309 g/mol. The summed E-state index contributed by atoms with van der Waals surface area (Å²) in [6, 6.07) is 2.33. The van der Waals surface area contributed by atoms with Crippen molar-refractivity contribution in [2.75, 3.05) is 14.2 Å². The number of ketones is 1. The van der Waals surface area contributed by atoms with Crippen LogP contribution in [0.2, 0.25) is 0 Å². The minimum absolute atomic E-state index is 0.105. The van der Waals surface area contributed by atoms with Gasteiger partial charge in [-0.2, -0.15) is 0 Å². The highest BCUT2D eigenvalue weighted by Gasteiger charge is 2.22. The van der Waals surface area contributed by atoms with Gasteiger partial charge in [0.15, 0.2) is 5.78 Å². The molecule has 0 aliphatic carbocycles. The van der Waals surface area contributed by atoms with Crippen molar-refractivity contribution in [3.05, 3.63) is 33.8 Å². The molecular weight excluding hydrogens is 298 g/mol. The van der Waals surface area contributed by atoms with E-state index in [1.54, 1.807) is 0 Å². The van der Waals surface area contributed by atoms with Crippen LogP contribution in [0, 0.1) is 11.6 Å². The van der Waals surface area contributed by atoms with E-state index < -0.39 is 30.1 Å². The second-order valence-corrected chi connectivity index (χ2v) is 4.12. The Balaban J connectivity index is 2.95. The number of methoxy groups -OCH3 is 2. The van der Waals surface area contributed by atoms with E-state index in [1.807, 2.05) is 0 Å². The van der Waals surface area contributed by atoms with Crippen LogP contribution in [0.25, 0.3) is 0 Å². The molecular formula is C11H11BrF2O3. The quantitative estimate of drug-likeness (QED) is 0.619. The molecule has 0 atom stereocenters. The molecule has 0 spiro atoms. The first-order valence-electron chi connectivity index (χ1n) is 4.72. The third kappa shape index (κ3) is 3.31. The summed E-state index contributed by atoms with van der Waals surface area (Å²) in [5.74, 6) is -2.11. The Morgan fingerprint density at radius 1 is 1.35 bits per heavy atom. The lowest BCUT2D eigenvalue weighted by molar-refractivity contribution is -0.156. The number of halogens is 3. The van der Waals surface area contributed by atoms with Crippen LogP contribution < -0.4 is 0 Å². The molecule has 0 unspecified atom stereocenters. The Bertz CT molecular complexity index is 419. The molecule has 0 fully saturated rings. The Morgan fingerprint density at radius 2 is 1.94 bits per heavy atom. The number of hydrogen-bond acceptors (Lipinski definition) is 3. The van der Waals surface area contributed by atoms with Gasteiger partial charge in [-0.25, -0.2) is 8.78 Å². The van der Waals surface area contributed by atoms with Crippen molar-refractivity contribution in [2.45, 2.75) is 12.7 Å². The van der Waals surface area contributed by atoms with Gasteiger partial charge >= 0.3 is 0 Å². The molecule has 0 saturated heterocycles. The monoisotopic (exact) mass is 308 g/mol. The van der Waals surface area contributed by atoms with E-state index >= 15 is 0 Å². The summed E-state index contributed by atoms with van der Waals surface area (Å²) in [6.45, 7) is 0. The predicted octanol–water partition coefficient (Wildman–Crippen LogP) is 2.46. The lowest BCUT2D eigenvalue weighted by atomic mass is 10.1. The Morgan fingerprint density at radius 3 is 2.47 bits per heavy atom. The number of ether oxygens (including phenoxy) is 2. The van der Waals surface area contributed by atoms with Crippen LogP contribution in [0.15, 0.2) is 16.6 Å². The molecule has 3 nitrogen and oxygen atoms in total. The predicted molar refractivity (Wildman–Crippen MR) is 60.6 cm³/mol. The van der Waals surface area contributed by atoms with Crippen LogP contribution in [-0.2, 0) is 20.7 Å². The van der Waals surface area contributed by atoms with E-state index in [0.717, 1.165) is 6.07 Å². The van der Waals surface area contributed by atoms with E-state index in [1.165, 1.54) is 20.3 Å². The van der Waals surface area contributed by atoms with Gasteiger partial charge in [-0.15, -0.1) is 0 Å². The highest BCUT2D eigenvalue weighted by atomic mass is 79.9. The normalized spacial score (nSPS) is 10.9. The maximum absolute atomic E-state index is 13.6. The lowest BCUT2D eigenvalue weighted by Crippen LogP contribution is -2.27. The summed E-state index contributed by atoms with van der Waals surface area (Å²) in [5, 5.41) is 0. The summed E-state index contributed by atoms with van der Waals surface area (Å²) in [4.78, 5) is 11.6. The van der Waals surface area contributed by atoms with Crippen molar-refractivity contribution in [2.24, 2.45) is 0 Å². The van der Waals surface area contributed by atoms with Crippen LogP contribution in [0.1, 0.15) is 5.56 Å². The number of hydrogen-bond donors (Lipinski definition) is 0. The van der Waals surface area contributed by atoms with E-state index in [-0.39, 0.29) is 10.0 Å². The first-order valence-corrected chi connectivity index (χ1v) is 5.51. The van der Waals surface area contributed by atoms with Crippen LogP contribution >= 0.6 is 15.9 Å². The lowest BCUT2D eigenvalue weighted by Gasteiger charge is -2.12. The molecule has 6 heteroatoms. The summed E-state index contributed by atoms with van der Waals surface area (Å²) in [5.41, 5.74) is -0.302.